The first-order valence-electron chi connectivity index (χ1n) is 5.27. The lowest BCUT2D eigenvalue weighted by Crippen LogP contribution is -2.21. The van der Waals surface area contributed by atoms with Crippen molar-refractivity contribution in [2.45, 2.75) is 26.3 Å². The van der Waals surface area contributed by atoms with Gasteiger partial charge in [-0.05, 0) is 19.5 Å². The van der Waals surface area contributed by atoms with E-state index in [1.54, 1.807) is 6.92 Å². The number of rotatable bonds is 4. The molecule has 1 N–H and O–H groups in total. The molecule has 0 saturated carbocycles. The summed E-state index contributed by atoms with van der Waals surface area (Å²) >= 11 is 0. The van der Waals surface area contributed by atoms with Gasteiger partial charge in [-0.3, -0.25) is 0 Å². The molecule has 0 spiro atoms. The lowest BCUT2D eigenvalue weighted by Gasteiger charge is -2.16. The Labute approximate surface area is 94.9 Å². The summed E-state index contributed by atoms with van der Waals surface area (Å²) in [5.74, 6) is 4.59. The van der Waals surface area contributed by atoms with Gasteiger partial charge in [0.15, 0.2) is 0 Å². The average Bonchev–Trinajstić information content (AvgIpc) is 2.25. The molecule has 1 aromatic carbocycles. The molecule has 0 aliphatic carbocycles. The van der Waals surface area contributed by atoms with E-state index in [2.05, 4.69) is 17.2 Å². The quantitative estimate of drug-likeness (QED) is 0.774. The van der Waals surface area contributed by atoms with E-state index in [1.807, 2.05) is 6.92 Å². The van der Waals surface area contributed by atoms with Gasteiger partial charge in [-0.15, -0.1) is 11.8 Å². The molecule has 1 unspecified atom stereocenters. The van der Waals surface area contributed by atoms with Gasteiger partial charge in [-0.1, -0.05) is 13.0 Å². The average molecular weight is 223 g/mol. The van der Waals surface area contributed by atoms with Crippen LogP contribution in [0.5, 0.6) is 0 Å². The third kappa shape index (κ3) is 3.32. The summed E-state index contributed by atoms with van der Waals surface area (Å²) in [5, 5.41) is 3.13. The summed E-state index contributed by atoms with van der Waals surface area (Å²) in [6, 6.07) is 3.45. The van der Waals surface area contributed by atoms with E-state index >= 15 is 0 Å². The van der Waals surface area contributed by atoms with Crippen molar-refractivity contribution in [3.63, 3.8) is 0 Å². The van der Waals surface area contributed by atoms with Crippen LogP contribution in [-0.2, 0) is 0 Å². The van der Waals surface area contributed by atoms with Crippen molar-refractivity contribution in [3.05, 3.63) is 35.4 Å². The van der Waals surface area contributed by atoms with Crippen molar-refractivity contribution >= 4 is 0 Å². The molecular formula is C13H15F2N. The number of benzene rings is 1. The van der Waals surface area contributed by atoms with Crippen LogP contribution in [0.2, 0.25) is 0 Å². The van der Waals surface area contributed by atoms with Crippen LogP contribution in [0.4, 0.5) is 8.78 Å². The van der Waals surface area contributed by atoms with E-state index < -0.39 is 11.6 Å². The molecule has 0 amide bonds. The Kier molecular flexibility index (Phi) is 4.94. The number of halogens is 2. The summed E-state index contributed by atoms with van der Waals surface area (Å²) in [6.45, 7) is 4.39. The van der Waals surface area contributed by atoms with Gasteiger partial charge in [0.25, 0.3) is 0 Å². The molecule has 1 rings (SSSR count). The summed E-state index contributed by atoms with van der Waals surface area (Å²) in [5.41, 5.74) is 0.464. The van der Waals surface area contributed by atoms with Crippen LogP contribution in [0.1, 0.15) is 31.9 Å². The molecule has 0 aromatic heterocycles. The maximum atomic E-state index is 13.5. The van der Waals surface area contributed by atoms with Crippen LogP contribution in [0.15, 0.2) is 18.2 Å². The minimum Gasteiger partial charge on any atom is -0.309 e. The van der Waals surface area contributed by atoms with E-state index in [4.69, 9.17) is 0 Å². The van der Waals surface area contributed by atoms with Gasteiger partial charge in [0, 0.05) is 24.1 Å². The molecular weight excluding hydrogens is 208 g/mol. The van der Waals surface area contributed by atoms with Crippen molar-refractivity contribution in [1.29, 1.82) is 0 Å². The predicted molar refractivity (Wildman–Crippen MR) is 60.8 cm³/mol. The van der Waals surface area contributed by atoms with Crippen molar-refractivity contribution in [2.75, 3.05) is 6.54 Å². The molecule has 0 aliphatic heterocycles. The first kappa shape index (κ1) is 12.7. The zero-order chi connectivity index (χ0) is 12.0. The van der Waals surface area contributed by atoms with Crippen molar-refractivity contribution < 1.29 is 8.78 Å². The highest BCUT2D eigenvalue weighted by Gasteiger charge is 2.14. The molecule has 0 saturated heterocycles. The summed E-state index contributed by atoms with van der Waals surface area (Å²) in [4.78, 5) is 0. The first-order chi connectivity index (χ1) is 7.69. The second-order valence-electron chi connectivity index (χ2n) is 3.41. The van der Waals surface area contributed by atoms with Crippen LogP contribution < -0.4 is 5.32 Å². The van der Waals surface area contributed by atoms with Crippen LogP contribution in [0, 0.1) is 23.5 Å². The molecule has 16 heavy (non-hydrogen) atoms. The second kappa shape index (κ2) is 6.24. The smallest absolute Gasteiger partial charge is 0.130 e. The highest BCUT2D eigenvalue weighted by molar-refractivity contribution is 5.23. The van der Waals surface area contributed by atoms with Gasteiger partial charge in [-0.25, -0.2) is 8.78 Å². The molecule has 0 bridgehead atoms. The number of hydrogen-bond donors (Lipinski definition) is 1. The topological polar surface area (TPSA) is 12.0 Å². The van der Waals surface area contributed by atoms with E-state index in [-0.39, 0.29) is 6.04 Å². The van der Waals surface area contributed by atoms with Crippen molar-refractivity contribution in [3.8, 4) is 11.8 Å². The fourth-order valence-electron chi connectivity index (χ4n) is 1.53. The Morgan fingerprint density at radius 3 is 2.69 bits per heavy atom. The van der Waals surface area contributed by atoms with Crippen molar-refractivity contribution in [2.24, 2.45) is 0 Å². The minimum absolute atomic E-state index is 0.182. The van der Waals surface area contributed by atoms with Gasteiger partial charge in [0.05, 0.1) is 0 Å². The summed E-state index contributed by atoms with van der Waals surface area (Å²) in [6.07, 6.45) is 0.521. The standard InChI is InChI=1S/C13H15F2N/c1-3-5-6-13(16-4-2)11-8-7-10(14)9-12(11)15/h7-9,13,16H,4,6H2,1-2H3. The van der Waals surface area contributed by atoms with E-state index in [0.29, 0.717) is 18.5 Å². The maximum Gasteiger partial charge on any atom is 0.130 e. The van der Waals surface area contributed by atoms with Gasteiger partial charge >= 0.3 is 0 Å². The van der Waals surface area contributed by atoms with Gasteiger partial charge < -0.3 is 5.32 Å². The minimum atomic E-state index is -0.557. The summed E-state index contributed by atoms with van der Waals surface area (Å²) in [7, 11) is 0. The molecule has 3 heteroatoms. The van der Waals surface area contributed by atoms with Gasteiger partial charge in [-0.2, -0.15) is 0 Å². The molecule has 0 radical (unpaired) electrons. The molecule has 0 aliphatic rings. The Bertz CT molecular complexity index is 404. The zero-order valence-corrected chi connectivity index (χ0v) is 9.48. The molecule has 86 valence electrons. The number of nitrogens with one attached hydrogen (secondary N) is 1. The maximum absolute atomic E-state index is 13.5. The van der Waals surface area contributed by atoms with Crippen LogP contribution in [0.25, 0.3) is 0 Å². The molecule has 0 fully saturated rings. The fourth-order valence-corrected chi connectivity index (χ4v) is 1.53. The highest BCUT2D eigenvalue weighted by atomic mass is 19.1. The highest BCUT2D eigenvalue weighted by Crippen LogP contribution is 2.20. The Morgan fingerprint density at radius 2 is 2.12 bits per heavy atom. The van der Waals surface area contributed by atoms with Crippen molar-refractivity contribution in [1.82, 2.24) is 5.32 Å². The predicted octanol–water partition coefficient (Wildman–Crippen LogP) is 3.03. The SMILES string of the molecule is CC#CCC(NCC)c1ccc(F)cc1F. The monoisotopic (exact) mass is 223 g/mol. The van der Waals surface area contributed by atoms with Gasteiger partial charge in [0.2, 0.25) is 0 Å². The fraction of sp³-hybridized carbons (Fsp3) is 0.385. The van der Waals surface area contributed by atoms with Gasteiger partial charge in [0.1, 0.15) is 11.6 Å². The Hall–Kier alpha value is -1.40. The van der Waals surface area contributed by atoms with E-state index in [1.165, 1.54) is 12.1 Å². The molecule has 1 atom stereocenters. The second-order valence-corrected chi connectivity index (χ2v) is 3.41. The Balaban J connectivity index is 2.94. The van der Waals surface area contributed by atoms with Crippen LogP contribution in [-0.4, -0.2) is 6.54 Å². The van der Waals surface area contributed by atoms with E-state index in [9.17, 15) is 8.78 Å². The lowest BCUT2D eigenvalue weighted by atomic mass is 10.0. The third-order valence-electron chi connectivity index (χ3n) is 2.27. The Morgan fingerprint density at radius 1 is 1.38 bits per heavy atom. The van der Waals surface area contributed by atoms with Crippen LogP contribution >= 0.6 is 0 Å². The zero-order valence-electron chi connectivity index (χ0n) is 9.48. The lowest BCUT2D eigenvalue weighted by molar-refractivity contribution is 0.511. The third-order valence-corrected chi connectivity index (χ3v) is 2.27. The van der Waals surface area contributed by atoms with E-state index in [0.717, 1.165) is 6.07 Å². The number of hydrogen-bond acceptors (Lipinski definition) is 1. The normalized spacial score (nSPS) is 11.8. The molecule has 0 heterocycles. The first-order valence-corrected chi connectivity index (χ1v) is 5.27. The summed E-state index contributed by atoms with van der Waals surface area (Å²) < 4.78 is 26.3. The molecule has 1 nitrogen and oxygen atoms in total. The van der Waals surface area contributed by atoms with Crippen LogP contribution in [0.3, 0.4) is 0 Å². The molecule has 1 aromatic rings. The largest absolute Gasteiger partial charge is 0.309 e.